The molecule has 1 amide bonds. The first-order valence-corrected chi connectivity index (χ1v) is 12.7. The molecule has 2 N–H and O–H groups in total. The molecule has 0 radical (unpaired) electrons. The Labute approximate surface area is 225 Å². The first kappa shape index (κ1) is 27.2. The number of nitrogens with zero attached hydrogens (tertiary/aromatic N) is 4. The number of H-pyrrole nitrogens is 1. The van der Waals surface area contributed by atoms with Crippen molar-refractivity contribution in [3.8, 4) is 11.1 Å². The molecule has 2 heterocycles. The molecule has 0 spiro atoms. The number of hydrogen-bond acceptors (Lipinski definition) is 7. The number of carbonyl (C=O) groups is 1. The summed E-state index contributed by atoms with van der Waals surface area (Å²) in [6, 6.07) is 15.3. The molecule has 2 aromatic heterocycles. The van der Waals surface area contributed by atoms with Crippen LogP contribution >= 0.6 is 0 Å². The fraction of sp³-hybridized carbons (Fsp3) is 0.241. The Hall–Kier alpha value is -4.86. The van der Waals surface area contributed by atoms with Crippen LogP contribution < -0.4 is 16.6 Å². The van der Waals surface area contributed by atoms with Crippen LogP contribution in [0.2, 0.25) is 0 Å². The number of aromatic amines is 1. The molecule has 0 aliphatic carbocycles. The number of hydrogen-bond donors (Lipinski definition) is 2. The van der Waals surface area contributed by atoms with Gasteiger partial charge in [-0.15, -0.1) is 0 Å². The SMILES string of the molecule is CCCCc1[nH]c(=O)n(Cc2cnccn2)c(=O)c1Cc1ccc(-c2ccccc2/C(=N/OC)NC=O)cc1. The highest BCUT2D eigenvalue weighted by Gasteiger charge is 2.16. The number of aryl methyl sites for hydroxylation is 1. The standard InChI is InChI=1S/C29H30N6O4/c1-3-4-9-26-25(28(37)35(29(38)33-26)18-22-17-30-14-15-31-22)16-20-10-12-21(13-11-20)23-7-5-6-8-24(23)27(32-19-36)34-39-2/h5-8,10-15,17,19H,3-4,9,16,18H2,1-2H3,(H,33,38)(H,32,34,36). The largest absolute Gasteiger partial charge is 0.397 e. The molecule has 0 saturated carbocycles. The van der Waals surface area contributed by atoms with Crippen molar-refractivity contribution < 1.29 is 9.63 Å². The Morgan fingerprint density at radius 2 is 1.92 bits per heavy atom. The van der Waals surface area contributed by atoms with E-state index in [9.17, 15) is 14.4 Å². The Balaban J connectivity index is 1.69. The van der Waals surface area contributed by atoms with E-state index in [1.165, 1.54) is 17.9 Å². The highest BCUT2D eigenvalue weighted by atomic mass is 16.6. The van der Waals surface area contributed by atoms with E-state index in [0.29, 0.717) is 47.6 Å². The molecule has 10 heteroatoms. The number of oxime groups is 1. The highest BCUT2D eigenvalue weighted by molar-refractivity contribution is 6.08. The minimum atomic E-state index is -0.454. The van der Waals surface area contributed by atoms with Crippen molar-refractivity contribution in [3.05, 3.63) is 116 Å². The quantitative estimate of drug-likeness (QED) is 0.134. The Bertz CT molecular complexity index is 1560. The van der Waals surface area contributed by atoms with Gasteiger partial charge in [-0.1, -0.05) is 67.0 Å². The zero-order valence-corrected chi connectivity index (χ0v) is 21.9. The lowest BCUT2D eigenvalue weighted by Gasteiger charge is -2.14. The third kappa shape index (κ3) is 6.53. The normalized spacial score (nSPS) is 11.3. The minimum absolute atomic E-state index is 0.0406. The molecule has 200 valence electrons. The minimum Gasteiger partial charge on any atom is -0.397 e. The van der Waals surface area contributed by atoms with Gasteiger partial charge in [-0.3, -0.25) is 24.1 Å². The molecule has 0 atom stereocenters. The predicted molar refractivity (Wildman–Crippen MR) is 148 cm³/mol. The number of nitrogens with one attached hydrogen (secondary N) is 2. The molecule has 0 aliphatic rings. The fourth-order valence-corrected chi connectivity index (χ4v) is 4.37. The predicted octanol–water partition coefficient (Wildman–Crippen LogP) is 3.03. The third-order valence-corrected chi connectivity index (χ3v) is 6.29. The number of amidine groups is 1. The summed E-state index contributed by atoms with van der Waals surface area (Å²) in [7, 11) is 1.41. The van der Waals surface area contributed by atoms with E-state index in [0.717, 1.165) is 29.5 Å². The van der Waals surface area contributed by atoms with Crippen LogP contribution in [-0.2, 0) is 29.0 Å². The maximum absolute atomic E-state index is 13.5. The van der Waals surface area contributed by atoms with E-state index in [-0.39, 0.29) is 12.1 Å². The van der Waals surface area contributed by atoms with E-state index < -0.39 is 5.69 Å². The molecule has 4 rings (SSSR count). The van der Waals surface area contributed by atoms with Crippen molar-refractivity contribution in [1.29, 1.82) is 0 Å². The van der Waals surface area contributed by atoms with Crippen molar-refractivity contribution in [2.24, 2.45) is 5.16 Å². The smallest absolute Gasteiger partial charge is 0.328 e. The van der Waals surface area contributed by atoms with Crippen molar-refractivity contribution in [2.75, 3.05) is 7.11 Å². The van der Waals surface area contributed by atoms with Crippen molar-refractivity contribution in [3.63, 3.8) is 0 Å². The van der Waals surface area contributed by atoms with Gasteiger partial charge >= 0.3 is 5.69 Å². The maximum atomic E-state index is 13.5. The summed E-state index contributed by atoms with van der Waals surface area (Å²) in [6.07, 6.45) is 7.93. The fourth-order valence-electron chi connectivity index (χ4n) is 4.37. The van der Waals surface area contributed by atoms with Gasteiger partial charge in [-0.25, -0.2) is 4.79 Å². The lowest BCUT2D eigenvalue weighted by molar-refractivity contribution is -0.108. The van der Waals surface area contributed by atoms with E-state index in [4.69, 9.17) is 4.84 Å². The lowest BCUT2D eigenvalue weighted by atomic mass is 9.96. The first-order chi connectivity index (χ1) is 19.0. The number of aromatic nitrogens is 4. The van der Waals surface area contributed by atoms with E-state index >= 15 is 0 Å². The Morgan fingerprint density at radius 3 is 2.62 bits per heavy atom. The Kier molecular flexibility index (Phi) is 9.12. The van der Waals surface area contributed by atoms with Crippen LogP contribution in [0.25, 0.3) is 11.1 Å². The van der Waals surface area contributed by atoms with Crippen LogP contribution in [0.3, 0.4) is 0 Å². The summed E-state index contributed by atoms with van der Waals surface area (Å²) in [4.78, 5) is 53.5. The first-order valence-electron chi connectivity index (χ1n) is 12.7. The second-order valence-corrected chi connectivity index (χ2v) is 8.88. The topological polar surface area (TPSA) is 131 Å². The molecular formula is C29H30N6O4. The number of rotatable bonds is 11. The van der Waals surface area contributed by atoms with Crippen molar-refractivity contribution >= 4 is 12.2 Å². The summed E-state index contributed by atoms with van der Waals surface area (Å²) in [5, 5.41) is 6.51. The molecule has 0 saturated heterocycles. The van der Waals surface area contributed by atoms with E-state index in [1.54, 1.807) is 12.4 Å². The summed E-state index contributed by atoms with van der Waals surface area (Å²) in [5.41, 5.74) is 4.35. The van der Waals surface area contributed by atoms with Gasteiger partial charge in [0.15, 0.2) is 5.84 Å². The summed E-state index contributed by atoms with van der Waals surface area (Å²) in [6.45, 7) is 2.11. The van der Waals surface area contributed by atoms with Gasteiger partial charge in [0.1, 0.15) is 7.11 Å². The van der Waals surface area contributed by atoms with Crippen LogP contribution in [0.4, 0.5) is 0 Å². The van der Waals surface area contributed by atoms with Crippen LogP contribution in [0.1, 0.15) is 47.8 Å². The highest BCUT2D eigenvalue weighted by Crippen LogP contribution is 2.25. The molecule has 2 aromatic carbocycles. The number of amides is 1. The summed E-state index contributed by atoms with van der Waals surface area (Å²) >= 11 is 0. The van der Waals surface area contributed by atoms with Crippen molar-refractivity contribution in [1.82, 2.24) is 24.8 Å². The molecule has 0 bridgehead atoms. The average molecular weight is 527 g/mol. The molecule has 39 heavy (non-hydrogen) atoms. The maximum Gasteiger partial charge on any atom is 0.328 e. The molecule has 4 aromatic rings. The average Bonchev–Trinajstić information content (AvgIpc) is 2.96. The zero-order valence-electron chi connectivity index (χ0n) is 21.9. The van der Waals surface area contributed by atoms with Gasteiger partial charge < -0.3 is 15.1 Å². The monoisotopic (exact) mass is 526 g/mol. The summed E-state index contributed by atoms with van der Waals surface area (Å²) in [5.74, 6) is 0.296. The molecule has 0 aliphatic heterocycles. The molecule has 10 nitrogen and oxygen atoms in total. The number of unbranched alkanes of at least 4 members (excludes halogenated alkanes) is 1. The van der Waals surface area contributed by atoms with Crippen LogP contribution in [0, 0.1) is 0 Å². The number of carbonyl (C=O) groups excluding carboxylic acids is 1. The van der Waals surface area contributed by atoms with Gasteiger partial charge in [-0.05, 0) is 29.5 Å². The van der Waals surface area contributed by atoms with Gasteiger partial charge in [0.05, 0.1) is 18.4 Å². The third-order valence-electron chi connectivity index (χ3n) is 6.29. The molecular weight excluding hydrogens is 496 g/mol. The van der Waals surface area contributed by atoms with Gasteiger partial charge in [0, 0.05) is 35.6 Å². The second kappa shape index (κ2) is 13.1. The van der Waals surface area contributed by atoms with Gasteiger partial charge in [0.2, 0.25) is 6.41 Å². The zero-order chi connectivity index (χ0) is 27.6. The summed E-state index contributed by atoms with van der Waals surface area (Å²) < 4.78 is 1.18. The molecule has 0 unspecified atom stereocenters. The molecule has 0 fully saturated rings. The van der Waals surface area contributed by atoms with E-state index in [1.807, 2.05) is 48.5 Å². The Morgan fingerprint density at radius 1 is 1.13 bits per heavy atom. The van der Waals surface area contributed by atoms with Crippen molar-refractivity contribution in [2.45, 2.75) is 39.2 Å². The number of benzene rings is 2. The lowest BCUT2D eigenvalue weighted by Crippen LogP contribution is -2.39. The van der Waals surface area contributed by atoms with Crippen LogP contribution in [0.15, 0.2) is 81.9 Å². The second-order valence-electron chi connectivity index (χ2n) is 8.88. The van der Waals surface area contributed by atoms with E-state index in [2.05, 4.69) is 32.3 Å². The van der Waals surface area contributed by atoms with Crippen LogP contribution in [0.5, 0.6) is 0 Å². The van der Waals surface area contributed by atoms with Crippen LogP contribution in [-0.4, -0.2) is 38.9 Å². The van der Waals surface area contributed by atoms with Gasteiger partial charge in [-0.2, -0.15) is 0 Å². The van der Waals surface area contributed by atoms with Gasteiger partial charge in [0.25, 0.3) is 5.56 Å².